The molecule has 0 bridgehead atoms. The number of carbonyl (C=O) groups excluding carboxylic acids is 1. The van der Waals surface area contributed by atoms with Crippen molar-refractivity contribution < 1.29 is 4.79 Å². The summed E-state index contributed by atoms with van der Waals surface area (Å²) >= 11 is 1.84. The van der Waals surface area contributed by atoms with E-state index in [1.54, 1.807) is 0 Å². The van der Waals surface area contributed by atoms with E-state index < -0.39 is 0 Å². The number of fused-ring (bicyclic) bond motifs is 3. The first kappa shape index (κ1) is 15.7. The van der Waals surface area contributed by atoms with Crippen molar-refractivity contribution in [2.75, 3.05) is 13.1 Å². The highest BCUT2D eigenvalue weighted by molar-refractivity contribution is 7.19. The van der Waals surface area contributed by atoms with E-state index in [0.717, 1.165) is 26.1 Å². The third-order valence-corrected chi connectivity index (χ3v) is 5.60. The molecular weight excluding hydrogens is 318 g/mol. The molecule has 1 aromatic heterocycles. The Morgan fingerprint density at radius 3 is 2.86 bits per heavy atom. The fourth-order valence-electron chi connectivity index (χ4n) is 3.26. The molecule has 0 unspecified atom stereocenters. The first-order valence-corrected chi connectivity index (χ1v) is 8.41. The molecule has 2 aliphatic rings. The Bertz CT molecular complexity index is 681. The molecule has 2 aromatic rings. The van der Waals surface area contributed by atoms with Crippen molar-refractivity contribution in [3.8, 4) is 0 Å². The van der Waals surface area contributed by atoms with Crippen molar-refractivity contribution in [1.29, 1.82) is 0 Å². The summed E-state index contributed by atoms with van der Waals surface area (Å²) in [7, 11) is 0. The second-order valence-electron chi connectivity index (χ2n) is 5.81. The highest BCUT2D eigenvalue weighted by Crippen LogP contribution is 2.34. The predicted molar refractivity (Wildman–Crippen MR) is 92.4 cm³/mol. The lowest BCUT2D eigenvalue weighted by Crippen LogP contribution is -2.52. The van der Waals surface area contributed by atoms with E-state index in [1.165, 1.54) is 33.4 Å². The molecule has 0 spiro atoms. The van der Waals surface area contributed by atoms with Gasteiger partial charge in [0.15, 0.2) is 0 Å². The third kappa shape index (κ3) is 2.86. The Morgan fingerprint density at radius 1 is 1.27 bits per heavy atom. The van der Waals surface area contributed by atoms with Crippen molar-refractivity contribution >= 4 is 39.7 Å². The van der Waals surface area contributed by atoms with Crippen LogP contribution in [0.2, 0.25) is 0 Å². The Morgan fingerprint density at radius 2 is 2.05 bits per heavy atom. The van der Waals surface area contributed by atoms with Crippen LogP contribution in [0.1, 0.15) is 23.3 Å². The number of hydrogen-bond acceptors (Lipinski definition) is 4. The highest BCUT2D eigenvalue weighted by Gasteiger charge is 2.28. The average Bonchev–Trinajstić information content (AvgIpc) is 3.13. The number of hydrazine groups is 1. The fraction of sp³-hybridized carbons (Fsp3) is 0.438. The maximum Gasteiger partial charge on any atom is 0.251 e. The lowest BCUT2D eigenvalue weighted by molar-refractivity contribution is -0.127. The van der Waals surface area contributed by atoms with Crippen LogP contribution >= 0.6 is 23.7 Å². The molecule has 118 valence electrons. The number of thiophene rings is 1. The van der Waals surface area contributed by atoms with E-state index in [1.807, 2.05) is 16.3 Å². The van der Waals surface area contributed by atoms with Gasteiger partial charge in [-0.3, -0.25) is 10.2 Å². The average molecular weight is 338 g/mol. The van der Waals surface area contributed by atoms with Gasteiger partial charge in [0.1, 0.15) is 0 Å². The lowest BCUT2D eigenvalue weighted by Gasteiger charge is -2.26. The van der Waals surface area contributed by atoms with Crippen LogP contribution in [0, 0.1) is 0 Å². The Balaban J connectivity index is 0.00000144. The summed E-state index contributed by atoms with van der Waals surface area (Å²) < 4.78 is 1.32. The van der Waals surface area contributed by atoms with E-state index in [2.05, 4.69) is 35.0 Å². The summed E-state index contributed by atoms with van der Waals surface area (Å²) in [6.45, 7) is 2.75. The van der Waals surface area contributed by atoms with Crippen molar-refractivity contribution in [2.45, 2.75) is 31.8 Å². The largest absolute Gasteiger partial charge is 0.301 e. The van der Waals surface area contributed by atoms with Gasteiger partial charge in [0.2, 0.25) is 0 Å². The monoisotopic (exact) mass is 337 g/mol. The minimum absolute atomic E-state index is 0. The molecule has 1 aromatic carbocycles. The maximum absolute atomic E-state index is 12.4. The molecule has 0 radical (unpaired) electrons. The van der Waals surface area contributed by atoms with Crippen LogP contribution in [0.25, 0.3) is 10.1 Å². The quantitative estimate of drug-likeness (QED) is 0.884. The van der Waals surface area contributed by atoms with E-state index >= 15 is 0 Å². The molecule has 2 aliphatic heterocycles. The fourth-order valence-corrected chi connectivity index (χ4v) is 4.44. The SMILES string of the molecule is Cl.O=C(NN1CCCC1)[C@H]1Cc2c(sc3ccccc23)CN1. The van der Waals surface area contributed by atoms with Gasteiger partial charge in [-0.25, -0.2) is 5.01 Å². The van der Waals surface area contributed by atoms with E-state index in [4.69, 9.17) is 0 Å². The van der Waals surface area contributed by atoms with Gasteiger partial charge < -0.3 is 5.32 Å². The molecule has 6 heteroatoms. The standard InChI is InChI=1S/C16H19N3OS.ClH/c20-16(18-19-7-3-4-8-19)13-9-12-11-5-1-2-6-14(11)21-15(12)10-17-13;/h1-2,5-6,13,17H,3-4,7-10H2,(H,18,20);1H/t13-;/m1./s1. The molecule has 22 heavy (non-hydrogen) atoms. The van der Waals surface area contributed by atoms with Crippen LogP contribution < -0.4 is 10.7 Å². The summed E-state index contributed by atoms with van der Waals surface area (Å²) in [6.07, 6.45) is 3.15. The Labute approximate surface area is 140 Å². The number of hydrogen-bond donors (Lipinski definition) is 2. The van der Waals surface area contributed by atoms with Gasteiger partial charge in [0.25, 0.3) is 5.91 Å². The van der Waals surface area contributed by atoms with Crippen LogP contribution in [-0.4, -0.2) is 30.0 Å². The van der Waals surface area contributed by atoms with Gasteiger partial charge in [-0.1, -0.05) is 18.2 Å². The molecular formula is C16H20ClN3OS. The number of halogens is 1. The van der Waals surface area contributed by atoms with Crippen molar-refractivity contribution in [1.82, 2.24) is 15.8 Å². The Kier molecular flexibility index (Phi) is 4.68. The summed E-state index contributed by atoms with van der Waals surface area (Å²) in [4.78, 5) is 13.8. The molecule has 4 nitrogen and oxygen atoms in total. The second-order valence-corrected chi connectivity index (χ2v) is 6.94. The summed E-state index contributed by atoms with van der Waals surface area (Å²) in [5, 5.41) is 6.75. The van der Waals surface area contributed by atoms with Gasteiger partial charge in [0.05, 0.1) is 6.04 Å². The van der Waals surface area contributed by atoms with Crippen LogP contribution in [-0.2, 0) is 17.8 Å². The van der Waals surface area contributed by atoms with E-state index in [9.17, 15) is 4.79 Å². The highest BCUT2D eigenvalue weighted by atomic mass is 35.5. The molecule has 1 atom stereocenters. The van der Waals surface area contributed by atoms with Crippen molar-refractivity contribution in [2.24, 2.45) is 0 Å². The number of carbonyl (C=O) groups is 1. The molecule has 0 aliphatic carbocycles. The zero-order valence-electron chi connectivity index (χ0n) is 12.3. The summed E-state index contributed by atoms with van der Waals surface area (Å²) in [5.74, 6) is 0.109. The minimum Gasteiger partial charge on any atom is -0.301 e. The minimum atomic E-state index is -0.115. The van der Waals surface area contributed by atoms with Gasteiger partial charge in [0, 0.05) is 29.2 Å². The molecule has 3 heterocycles. The third-order valence-electron chi connectivity index (χ3n) is 4.39. The van der Waals surface area contributed by atoms with Gasteiger partial charge in [-0.05, 0) is 36.3 Å². The van der Waals surface area contributed by atoms with Crippen LogP contribution in [0.4, 0.5) is 0 Å². The first-order chi connectivity index (χ1) is 10.3. The van der Waals surface area contributed by atoms with Crippen LogP contribution in [0.15, 0.2) is 24.3 Å². The number of benzene rings is 1. The molecule has 1 amide bonds. The number of amides is 1. The van der Waals surface area contributed by atoms with Crippen molar-refractivity contribution in [3.63, 3.8) is 0 Å². The van der Waals surface area contributed by atoms with E-state index in [-0.39, 0.29) is 24.4 Å². The lowest BCUT2D eigenvalue weighted by atomic mass is 9.98. The molecule has 1 fully saturated rings. The summed E-state index contributed by atoms with van der Waals surface area (Å²) in [6, 6.07) is 8.38. The van der Waals surface area contributed by atoms with Gasteiger partial charge in [-0.2, -0.15) is 0 Å². The first-order valence-electron chi connectivity index (χ1n) is 7.59. The zero-order valence-corrected chi connectivity index (χ0v) is 13.9. The smallest absolute Gasteiger partial charge is 0.251 e. The normalized spacial score (nSPS) is 21.4. The molecule has 0 saturated carbocycles. The maximum atomic E-state index is 12.4. The summed E-state index contributed by atoms with van der Waals surface area (Å²) in [5.41, 5.74) is 4.41. The van der Waals surface area contributed by atoms with E-state index in [0.29, 0.717) is 0 Å². The second kappa shape index (κ2) is 6.54. The zero-order chi connectivity index (χ0) is 14.2. The molecule has 1 saturated heterocycles. The van der Waals surface area contributed by atoms with Gasteiger partial charge >= 0.3 is 0 Å². The number of rotatable bonds is 2. The number of nitrogens with one attached hydrogen (secondary N) is 2. The number of nitrogens with zero attached hydrogens (tertiary/aromatic N) is 1. The van der Waals surface area contributed by atoms with Crippen molar-refractivity contribution in [3.05, 3.63) is 34.7 Å². The Hall–Kier alpha value is -1.14. The topological polar surface area (TPSA) is 44.4 Å². The molecule has 2 N–H and O–H groups in total. The van der Waals surface area contributed by atoms with Gasteiger partial charge in [-0.15, -0.1) is 23.7 Å². The van der Waals surface area contributed by atoms with Crippen LogP contribution in [0.5, 0.6) is 0 Å². The molecule has 4 rings (SSSR count). The predicted octanol–water partition coefficient (Wildman–Crippen LogP) is 2.46. The van der Waals surface area contributed by atoms with Crippen LogP contribution in [0.3, 0.4) is 0 Å².